The van der Waals surface area contributed by atoms with Gasteiger partial charge >= 0.3 is 5.97 Å². The van der Waals surface area contributed by atoms with E-state index in [0.29, 0.717) is 19.3 Å². The largest absolute Gasteiger partial charge is 0.462 e. The van der Waals surface area contributed by atoms with E-state index >= 15 is 0 Å². The Morgan fingerprint density at radius 3 is 1.41 bits per heavy atom. The third-order valence-electron chi connectivity index (χ3n) is 11.5. The van der Waals surface area contributed by atoms with Gasteiger partial charge < -0.3 is 20.3 Å². The van der Waals surface area contributed by atoms with Crippen LogP contribution in [0.25, 0.3) is 0 Å². The van der Waals surface area contributed by atoms with E-state index in [1.807, 2.05) is 0 Å². The number of aliphatic hydroxyl groups excluding tert-OH is 2. The maximum Gasteiger partial charge on any atom is 0.306 e. The van der Waals surface area contributed by atoms with Crippen molar-refractivity contribution in [2.45, 2.75) is 277 Å². The molecule has 0 aromatic heterocycles. The van der Waals surface area contributed by atoms with Crippen LogP contribution in [0, 0.1) is 0 Å². The van der Waals surface area contributed by atoms with Crippen LogP contribution in [0.1, 0.15) is 258 Å². The number of rotatable bonds is 45. The molecule has 0 saturated heterocycles. The highest BCUT2D eigenvalue weighted by molar-refractivity contribution is 5.77. The Morgan fingerprint density at radius 2 is 0.914 bits per heavy atom. The third kappa shape index (κ3) is 40.8. The molecule has 0 saturated carbocycles. The highest BCUT2D eigenvalue weighted by Crippen LogP contribution is 2.17. The van der Waals surface area contributed by atoms with Crippen LogP contribution in [-0.2, 0) is 14.3 Å². The number of ether oxygens (including phenoxy) is 1. The van der Waals surface area contributed by atoms with Gasteiger partial charge in [0.05, 0.1) is 25.2 Å². The molecule has 6 heteroatoms. The first-order valence-corrected chi connectivity index (χ1v) is 25.2. The molecule has 3 N–H and O–H groups in total. The minimum absolute atomic E-state index is 0.0614. The van der Waals surface area contributed by atoms with E-state index in [-0.39, 0.29) is 24.9 Å². The van der Waals surface area contributed by atoms with E-state index in [9.17, 15) is 19.8 Å². The number of hydrogen-bond donors (Lipinski definition) is 3. The van der Waals surface area contributed by atoms with Gasteiger partial charge in [-0.3, -0.25) is 9.59 Å². The third-order valence-corrected chi connectivity index (χ3v) is 11.5. The van der Waals surface area contributed by atoms with Crippen molar-refractivity contribution >= 4 is 11.9 Å². The van der Waals surface area contributed by atoms with Crippen molar-refractivity contribution in [3.05, 3.63) is 36.5 Å². The van der Waals surface area contributed by atoms with Crippen LogP contribution in [0.4, 0.5) is 0 Å². The quantitative estimate of drug-likeness (QED) is 0.0246. The van der Waals surface area contributed by atoms with Gasteiger partial charge in [0.2, 0.25) is 5.91 Å². The molecule has 0 aliphatic carbocycles. The molecule has 340 valence electrons. The van der Waals surface area contributed by atoms with Crippen LogP contribution in [0.3, 0.4) is 0 Å². The Bertz CT molecular complexity index is 961. The zero-order valence-corrected chi connectivity index (χ0v) is 38.7. The number of carbonyl (C=O) groups excluding carboxylic acids is 2. The first-order valence-electron chi connectivity index (χ1n) is 25.2. The maximum absolute atomic E-state index is 13.1. The summed E-state index contributed by atoms with van der Waals surface area (Å²) >= 11 is 0. The molecule has 3 unspecified atom stereocenters. The highest BCUT2D eigenvalue weighted by Gasteiger charge is 2.24. The molecule has 58 heavy (non-hydrogen) atoms. The number of nitrogens with one attached hydrogen (secondary N) is 1. The van der Waals surface area contributed by atoms with Gasteiger partial charge in [0, 0.05) is 6.42 Å². The Hall–Kier alpha value is -1.92. The second kappa shape index (κ2) is 46.2. The van der Waals surface area contributed by atoms with Crippen LogP contribution in [0.15, 0.2) is 36.5 Å². The summed E-state index contributed by atoms with van der Waals surface area (Å²) in [6.07, 6.45) is 53.6. The second-order valence-corrected chi connectivity index (χ2v) is 17.2. The van der Waals surface area contributed by atoms with Gasteiger partial charge in [-0.05, 0) is 70.6 Å². The SMILES string of the molecule is CCC/C=C\CCCCCC(CC(=O)NC(CO)C(O)CCCCCCCCCCCCCCC)OC(=O)CCCCCCC/C=C/C=C/CCCCCCCCC. The van der Waals surface area contributed by atoms with Crippen molar-refractivity contribution in [3.8, 4) is 0 Å². The topological polar surface area (TPSA) is 95.9 Å². The lowest BCUT2D eigenvalue weighted by atomic mass is 10.0. The Morgan fingerprint density at radius 1 is 0.500 bits per heavy atom. The number of esters is 1. The van der Waals surface area contributed by atoms with Crippen LogP contribution in [0.2, 0.25) is 0 Å². The average molecular weight is 816 g/mol. The Balaban J connectivity index is 4.44. The minimum Gasteiger partial charge on any atom is -0.462 e. The molecule has 0 rings (SSSR count). The summed E-state index contributed by atoms with van der Waals surface area (Å²) in [5.74, 6) is -0.505. The van der Waals surface area contributed by atoms with Gasteiger partial charge in [0.15, 0.2) is 0 Å². The fourth-order valence-electron chi connectivity index (χ4n) is 7.60. The van der Waals surface area contributed by atoms with E-state index in [1.165, 1.54) is 122 Å². The Kier molecular flexibility index (Phi) is 44.6. The summed E-state index contributed by atoms with van der Waals surface area (Å²) in [6.45, 7) is 6.40. The molecule has 0 aliphatic heterocycles. The maximum atomic E-state index is 13.1. The molecule has 0 fully saturated rings. The van der Waals surface area contributed by atoms with E-state index in [1.54, 1.807) is 0 Å². The summed E-state index contributed by atoms with van der Waals surface area (Å²) in [5.41, 5.74) is 0. The summed E-state index contributed by atoms with van der Waals surface area (Å²) in [5, 5.41) is 23.7. The van der Waals surface area contributed by atoms with Gasteiger partial charge in [0.1, 0.15) is 6.10 Å². The second-order valence-electron chi connectivity index (χ2n) is 17.2. The molecule has 0 radical (unpaired) electrons. The Labute approximate surface area is 360 Å². The molecular formula is C52H97NO5. The number of carbonyl (C=O) groups is 2. The molecule has 0 bridgehead atoms. The summed E-state index contributed by atoms with van der Waals surface area (Å²) in [4.78, 5) is 26.0. The van der Waals surface area contributed by atoms with Gasteiger partial charge in [-0.2, -0.15) is 0 Å². The van der Waals surface area contributed by atoms with Crippen LogP contribution < -0.4 is 5.32 Å². The zero-order chi connectivity index (χ0) is 42.4. The van der Waals surface area contributed by atoms with Crippen molar-refractivity contribution < 1.29 is 24.5 Å². The van der Waals surface area contributed by atoms with E-state index < -0.39 is 18.2 Å². The lowest BCUT2D eigenvalue weighted by Crippen LogP contribution is -2.46. The summed E-state index contributed by atoms with van der Waals surface area (Å²) in [7, 11) is 0. The fourth-order valence-corrected chi connectivity index (χ4v) is 7.60. The van der Waals surface area contributed by atoms with Crippen molar-refractivity contribution in [2.24, 2.45) is 0 Å². The molecular weight excluding hydrogens is 719 g/mol. The normalized spacial score (nSPS) is 13.5. The van der Waals surface area contributed by atoms with Gasteiger partial charge in [-0.1, -0.05) is 211 Å². The van der Waals surface area contributed by atoms with E-state index in [2.05, 4.69) is 62.5 Å². The van der Waals surface area contributed by atoms with E-state index in [0.717, 1.165) is 89.9 Å². The molecule has 0 aromatic carbocycles. The number of unbranched alkanes of at least 4 members (excludes halogenated alkanes) is 28. The van der Waals surface area contributed by atoms with Crippen LogP contribution in [0.5, 0.6) is 0 Å². The van der Waals surface area contributed by atoms with Crippen molar-refractivity contribution in [2.75, 3.05) is 6.61 Å². The predicted octanol–water partition coefficient (Wildman–Crippen LogP) is 14.9. The molecule has 0 spiro atoms. The standard InChI is InChI=1S/C52H97NO5/c1-4-7-10-13-16-19-21-23-24-25-26-27-29-31-33-36-39-42-45-52(57)58-48(43-40-37-34-18-15-12-9-6-3)46-51(56)53-49(47-54)50(55)44-41-38-35-32-30-28-22-20-17-14-11-8-5-2/h12,15,24-27,48-50,54-55H,4-11,13-14,16-23,28-47H2,1-3H3,(H,53,56)/b15-12-,25-24+,27-26+. The highest BCUT2D eigenvalue weighted by atomic mass is 16.5. The monoisotopic (exact) mass is 816 g/mol. The molecule has 0 aromatic rings. The first-order chi connectivity index (χ1) is 28.5. The van der Waals surface area contributed by atoms with Gasteiger partial charge in [-0.25, -0.2) is 0 Å². The number of amides is 1. The lowest BCUT2D eigenvalue weighted by Gasteiger charge is -2.24. The molecule has 1 amide bonds. The molecule has 3 atom stereocenters. The van der Waals surface area contributed by atoms with Crippen LogP contribution in [-0.4, -0.2) is 46.9 Å². The fraction of sp³-hybridized carbons (Fsp3) is 0.846. The zero-order valence-electron chi connectivity index (χ0n) is 38.7. The van der Waals surface area contributed by atoms with Gasteiger partial charge in [0.25, 0.3) is 0 Å². The summed E-state index contributed by atoms with van der Waals surface area (Å²) < 4.78 is 5.89. The van der Waals surface area contributed by atoms with Crippen LogP contribution >= 0.6 is 0 Å². The predicted molar refractivity (Wildman–Crippen MR) is 250 cm³/mol. The lowest BCUT2D eigenvalue weighted by molar-refractivity contribution is -0.151. The van der Waals surface area contributed by atoms with Gasteiger partial charge in [-0.15, -0.1) is 0 Å². The number of hydrogen-bond acceptors (Lipinski definition) is 5. The van der Waals surface area contributed by atoms with Crippen molar-refractivity contribution in [3.63, 3.8) is 0 Å². The first kappa shape index (κ1) is 56.1. The average Bonchev–Trinajstić information content (AvgIpc) is 3.22. The smallest absolute Gasteiger partial charge is 0.306 e. The van der Waals surface area contributed by atoms with Crippen molar-refractivity contribution in [1.29, 1.82) is 0 Å². The summed E-state index contributed by atoms with van der Waals surface area (Å²) in [6, 6.07) is -0.706. The molecule has 0 aliphatic rings. The number of allylic oxidation sites excluding steroid dienone is 6. The van der Waals surface area contributed by atoms with Crippen molar-refractivity contribution in [1.82, 2.24) is 5.32 Å². The number of aliphatic hydroxyl groups is 2. The minimum atomic E-state index is -0.791. The molecule has 0 heterocycles. The molecule has 6 nitrogen and oxygen atoms in total. The van der Waals surface area contributed by atoms with E-state index in [4.69, 9.17) is 4.74 Å².